The summed E-state index contributed by atoms with van der Waals surface area (Å²) < 4.78 is 22.0. The van der Waals surface area contributed by atoms with Crippen LogP contribution in [0.15, 0.2) is 79.0 Å². The maximum Gasteiger partial charge on any atom is 0.337 e. The minimum atomic E-state index is -0.397. The maximum atomic E-state index is 15.0. The molecular weight excluding hydrogens is 475 g/mol. The molecule has 5 rings (SSSR count). The van der Waals surface area contributed by atoms with Crippen LogP contribution in [0.25, 0.3) is 5.69 Å². The average molecular weight is 501 g/mol. The van der Waals surface area contributed by atoms with Crippen LogP contribution in [0.5, 0.6) is 0 Å². The molecule has 1 aliphatic rings. The zero-order valence-electron chi connectivity index (χ0n) is 20.1. The van der Waals surface area contributed by atoms with Gasteiger partial charge in [-0.05, 0) is 80.2 Å². The van der Waals surface area contributed by atoms with Gasteiger partial charge in [0.1, 0.15) is 5.82 Å². The largest absolute Gasteiger partial charge is 0.465 e. The summed E-state index contributed by atoms with van der Waals surface area (Å²) in [6.07, 6.45) is 1.74. The van der Waals surface area contributed by atoms with Gasteiger partial charge in [-0.15, -0.1) is 0 Å². The molecule has 6 nitrogen and oxygen atoms in total. The molecule has 0 radical (unpaired) electrons. The summed E-state index contributed by atoms with van der Waals surface area (Å²) in [4.78, 5) is 18.6. The number of para-hydroxylation sites is 1. The predicted octanol–water partition coefficient (Wildman–Crippen LogP) is 5.59. The lowest BCUT2D eigenvalue weighted by atomic mass is 9.96. The van der Waals surface area contributed by atoms with Crippen molar-refractivity contribution in [3.05, 3.63) is 113 Å². The molecule has 1 aliphatic heterocycles. The second kappa shape index (κ2) is 9.54. The molecule has 1 fully saturated rings. The number of carbonyl (C=O) groups excluding carboxylic acids is 1. The molecule has 8 heteroatoms. The SMILES string of the molecule is COC(=O)c1cccc(-n2c(C)cc([C@H]3[C@H](c4ccccn4)NC(=S)N3c3ccccc3F)c2C)c1. The van der Waals surface area contributed by atoms with Crippen molar-refractivity contribution in [1.82, 2.24) is 14.9 Å². The third-order valence-corrected chi connectivity index (χ3v) is 6.84. The minimum Gasteiger partial charge on any atom is -0.465 e. The molecule has 4 aromatic rings. The third kappa shape index (κ3) is 4.03. The van der Waals surface area contributed by atoms with Crippen molar-refractivity contribution in [2.45, 2.75) is 25.9 Å². The molecule has 2 atom stereocenters. The molecule has 0 aliphatic carbocycles. The van der Waals surface area contributed by atoms with Crippen LogP contribution < -0.4 is 10.2 Å². The van der Waals surface area contributed by atoms with E-state index in [9.17, 15) is 4.79 Å². The van der Waals surface area contributed by atoms with E-state index < -0.39 is 5.97 Å². The Kier molecular flexibility index (Phi) is 6.28. The van der Waals surface area contributed by atoms with E-state index in [1.807, 2.05) is 49.1 Å². The normalized spacial score (nSPS) is 17.2. The van der Waals surface area contributed by atoms with E-state index in [1.54, 1.807) is 36.5 Å². The Morgan fingerprint density at radius 1 is 1.06 bits per heavy atom. The number of hydrogen-bond acceptors (Lipinski definition) is 4. The molecule has 0 bridgehead atoms. The first kappa shape index (κ1) is 23.7. The molecule has 1 saturated heterocycles. The van der Waals surface area contributed by atoms with Crippen molar-refractivity contribution in [2.24, 2.45) is 0 Å². The lowest BCUT2D eigenvalue weighted by Crippen LogP contribution is -2.30. The number of nitrogens with zero attached hydrogens (tertiary/aromatic N) is 3. The quantitative estimate of drug-likeness (QED) is 0.285. The Morgan fingerprint density at radius 2 is 1.83 bits per heavy atom. The van der Waals surface area contributed by atoms with Crippen molar-refractivity contribution in [3.8, 4) is 5.69 Å². The molecule has 0 spiro atoms. The van der Waals surface area contributed by atoms with E-state index in [0.717, 1.165) is 28.3 Å². The Balaban J connectivity index is 1.68. The number of benzene rings is 2. The van der Waals surface area contributed by atoms with Gasteiger partial charge in [-0.3, -0.25) is 4.98 Å². The number of rotatable bonds is 5. The molecule has 182 valence electrons. The van der Waals surface area contributed by atoms with E-state index >= 15 is 4.39 Å². The van der Waals surface area contributed by atoms with Gasteiger partial charge in [0, 0.05) is 23.3 Å². The molecule has 2 aromatic carbocycles. The van der Waals surface area contributed by atoms with Crippen LogP contribution in [-0.2, 0) is 4.74 Å². The van der Waals surface area contributed by atoms with Crippen LogP contribution in [-0.4, -0.2) is 27.7 Å². The Hall–Kier alpha value is -4.04. The number of nitrogens with one attached hydrogen (secondary N) is 1. The lowest BCUT2D eigenvalue weighted by molar-refractivity contribution is 0.0600. The zero-order valence-corrected chi connectivity index (χ0v) is 20.9. The third-order valence-electron chi connectivity index (χ3n) is 6.52. The van der Waals surface area contributed by atoms with E-state index in [4.69, 9.17) is 17.0 Å². The monoisotopic (exact) mass is 500 g/mol. The number of thiocarbonyl (C=S) groups is 1. The number of hydrogen-bond donors (Lipinski definition) is 1. The number of halogens is 1. The number of aromatic nitrogens is 2. The predicted molar refractivity (Wildman–Crippen MR) is 141 cm³/mol. The fourth-order valence-electron chi connectivity index (χ4n) is 4.95. The Bertz CT molecular complexity index is 1450. The van der Waals surface area contributed by atoms with Crippen molar-refractivity contribution < 1.29 is 13.9 Å². The second-order valence-corrected chi connectivity index (χ2v) is 9.04. The van der Waals surface area contributed by atoms with Gasteiger partial charge in [-0.25, -0.2) is 9.18 Å². The second-order valence-electron chi connectivity index (χ2n) is 8.65. The number of esters is 1. The van der Waals surface area contributed by atoms with Crippen molar-refractivity contribution in [3.63, 3.8) is 0 Å². The smallest absolute Gasteiger partial charge is 0.337 e. The van der Waals surface area contributed by atoms with Crippen LogP contribution in [0.3, 0.4) is 0 Å². The fraction of sp³-hybridized carbons (Fsp3) is 0.179. The summed E-state index contributed by atoms with van der Waals surface area (Å²) >= 11 is 5.73. The number of ether oxygens (including phenoxy) is 1. The highest BCUT2D eigenvalue weighted by molar-refractivity contribution is 7.80. The summed E-state index contributed by atoms with van der Waals surface area (Å²) in [6, 6.07) is 21.1. The summed E-state index contributed by atoms with van der Waals surface area (Å²) in [5.74, 6) is -0.751. The maximum absolute atomic E-state index is 15.0. The van der Waals surface area contributed by atoms with Crippen LogP contribution in [0.2, 0.25) is 0 Å². The zero-order chi connectivity index (χ0) is 25.4. The van der Waals surface area contributed by atoms with Crippen LogP contribution in [0, 0.1) is 19.7 Å². The first-order chi connectivity index (χ1) is 17.4. The topological polar surface area (TPSA) is 59.4 Å². The Labute approximate surface area is 214 Å². The highest BCUT2D eigenvalue weighted by atomic mass is 32.1. The molecular formula is C28H25FN4O2S. The summed E-state index contributed by atoms with van der Waals surface area (Å²) in [5, 5.41) is 3.81. The van der Waals surface area contributed by atoms with Crippen LogP contribution in [0.4, 0.5) is 10.1 Å². The van der Waals surface area contributed by atoms with Gasteiger partial charge in [-0.1, -0.05) is 24.3 Å². The van der Waals surface area contributed by atoms with E-state index in [2.05, 4.69) is 20.9 Å². The van der Waals surface area contributed by atoms with E-state index in [-0.39, 0.29) is 17.9 Å². The minimum absolute atomic E-state index is 0.298. The van der Waals surface area contributed by atoms with Gasteiger partial charge in [0.15, 0.2) is 5.11 Å². The summed E-state index contributed by atoms with van der Waals surface area (Å²) in [5.41, 5.74) is 5.40. The first-order valence-electron chi connectivity index (χ1n) is 11.5. The van der Waals surface area contributed by atoms with Gasteiger partial charge in [-0.2, -0.15) is 0 Å². The number of aryl methyl sites for hydroxylation is 1. The van der Waals surface area contributed by atoms with Gasteiger partial charge in [0.05, 0.1) is 36.1 Å². The van der Waals surface area contributed by atoms with Crippen LogP contribution in [0.1, 0.15) is 45.1 Å². The van der Waals surface area contributed by atoms with Crippen molar-refractivity contribution in [2.75, 3.05) is 12.0 Å². The van der Waals surface area contributed by atoms with Crippen molar-refractivity contribution >= 4 is 29.0 Å². The first-order valence-corrected chi connectivity index (χ1v) is 11.9. The molecule has 0 unspecified atom stereocenters. The molecule has 2 aromatic heterocycles. The fourth-order valence-corrected chi connectivity index (χ4v) is 5.29. The highest BCUT2D eigenvalue weighted by Gasteiger charge is 2.43. The Morgan fingerprint density at radius 3 is 2.56 bits per heavy atom. The van der Waals surface area contributed by atoms with Crippen molar-refractivity contribution in [1.29, 1.82) is 0 Å². The van der Waals surface area contributed by atoms with E-state index in [1.165, 1.54) is 13.2 Å². The molecule has 0 saturated carbocycles. The van der Waals surface area contributed by atoms with Gasteiger partial charge >= 0.3 is 5.97 Å². The molecule has 0 amide bonds. The molecule has 1 N–H and O–H groups in total. The molecule has 36 heavy (non-hydrogen) atoms. The average Bonchev–Trinajstić information content (AvgIpc) is 3.39. The lowest BCUT2D eigenvalue weighted by Gasteiger charge is -2.28. The van der Waals surface area contributed by atoms with Gasteiger partial charge in [0.25, 0.3) is 0 Å². The molecule has 3 heterocycles. The number of anilines is 1. The number of carbonyl (C=O) groups is 1. The summed E-state index contributed by atoms with van der Waals surface area (Å²) in [6.45, 7) is 4.02. The van der Waals surface area contributed by atoms with E-state index in [0.29, 0.717) is 16.4 Å². The summed E-state index contributed by atoms with van der Waals surface area (Å²) in [7, 11) is 1.37. The van der Waals surface area contributed by atoms with Gasteiger partial charge < -0.3 is 19.5 Å². The highest BCUT2D eigenvalue weighted by Crippen LogP contribution is 2.44. The number of methoxy groups -OCH3 is 1. The van der Waals surface area contributed by atoms with Crippen LogP contribution >= 0.6 is 12.2 Å². The number of pyridine rings is 1. The van der Waals surface area contributed by atoms with Gasteiger partial charge in [0.2, 0.25) is 0 Å². The standard InChI is InChI=1S/C28H25FN4O2S/c1-17-15-21(18(2)32(17)20-10-8-9-19(16-20)27(34)35-3)26-25(23-12-6-7-14-30-23)31-28(36)33(26)24-13-5-4-11-22(24)29/h4-16,25-26H,1-3H3,(H,31,36)/t25-,26-/m0/s1.